The van der Waals surface area contributed by atoms with Crippen LogP contribution in [-0.2, 0) is 4.79 Å². The van der Waals surface area contributed by atoms with Crippen LogP contribution in [0, 0.1) is 0 Å². The number of nitrogens with zero attached hydrogens (tertiary/aromatic N) is 4. The topological polar surface area (TPSA) is 86.7 Å². The van der Waals surface area contributed by atoms with Crippen LogP contribution in [0.1, 0.15) is 51.3 Å². The molecule has 0 spiro atoms. The highest BCUT2D eigenvalue weighted by atomic mass is 32.2. The number of thioether (sulfide) groups is 1. The molecule has 1 amide bonds. The second-order valence-electron chi connectivity index (χ2n) is 8.12. The molecule has 0 saturated carbocycles. The summed E-state index contributed by atoms with van der Waals surface area (Å²) in [5.41, 5.74) is 2.51. The predicted molar refractivity (Wildman–Crippen MR) is 136 cm³/mol. The van der Waals surface area contributed by atoms with Crippen LogP contribution in [0.25, 0.3) is 11.3 Å². The fourth-order valence-corrected chi connectivity index (χ4v) is 4.89. The number of methoxy groups -OCH3 is 2. The van der Waals surface area contributed by atoms with Crippen LogP contribution in [0.3, 0.4) is 0 Å². The summed E-state index contributed by atoms with van der Waals surface area (Å²) < 4.78 is 17.6. The lowest BCUT2D eigenvalue weighted by Gasteiger charge is -2.31. The molecule has 1 aliphatic heterocycles. The van der Waals surface area contributed by atoms with Gasteiger partial charge in [0, 0.05) is 18.2 Å². The van der Waals surface area contributed by atoms with Gasteiger partial charge in [0.2, 0.25) is 23.2 Å². The summed E-state index contributed by atoms with van der Waals surface area (Å²) in [6.45, 7) is 3.70. The van der Waals surface area contributed by atoms with E-state index < -0.39 is 6.23 Å². The molecule has 4 rings (SSSR count). The molecule has 0 fully saturated rings. The number of anilines is 1. The molecular formula is C26H30N4O4S. The van der Waals surface area contributed by atoms with Crippen molar-refractivity contribution in [2.75, 3.05) is 24.9 Å². The van der Waals surface area contributed by atoms with E-state index in [0.717, 1.165) is 17.7 Å². The smallest absolute Gasteiger partial charge is 0.247 e. The van der Waals surface area contributed by atoms with Gasteiger partial charge < -0.3 is 14.2 Å². The second-order valence-corrected chi connectivity index (χ2v) is 9.18. The summed E-state index contributed by atoms with van der Waals surface area (Å²) in [5, 5.41) is 9.38. The third kappa shape index (κ3) is 5.19. The van der Waals surface area contributed by atoms with Gasteiger partial charge in [0.25, 0.3) is 0 Å². The SMILES string of the molecule is CCCCCCSc1nnc2c(n1)OC(c1cccc(OC)c1OC)N(C(C)=O)c1ccccc1-2. The Labute approximate surface area is 210 Å². The van der Waals surface area contributed by atoms with Crippen LogP contribution < -0.4 is 19.1 Å². The Bertz CT molecular complexity index is 1190. The van der Waals surface area contributed by atoms with Gasteiger partial charge in [0.15, 0.2) is 17.2 Å². The number of unbranched alkanes of at least 4 members (excludes halogenated alkanes) is 3. The lowest BCUT2D eigenvalue weighted by atomic mass is 10.1. The van der Waals surface area contributed by atoms with E-state index in [9.17, 15) is 4.79 Å². The Balaban J connectivity index is 1.80. The molecule has 1 atom stereocenters. The van der Waals surface area contributed by atoms with Crippen molar-refractivity contribution in [1.82, 2.24) is 15.2 Å². The van der Waals surface area contributed by atoms with Gasteiger partial charge in [-0.05, 0) is 24.6 Å². The third-order valence-electron chi connectivity index (χ3n) is 5.78. The first kappa shape index (κ1) is 24.8. The number of hydrogen-bond donors (Lipinski definition) is 0. The van der Waals surface area contributed by atoms with Gasteiger partial charge in [-0.3, -0.25) is 9.69 Å². The molecule has 1 unspecified atom stereocenters. The Morgan fingerprint density at radius 2 is 1.89 bits per heavy atom. The molecule has 184 valence electrons. The molecule has 1 aromatic heterocycles. The van der Waals surface area contributed by atoms with Crippen LogP contribution in [-0.4, -0.2) is 41.1 Å². The number of carbonyl (C=O) groups is 1. The average Bonchev–Trinajstić information content (AvgIpc) is 3.02. The minimum absolute atomic E-state index is 0.196. The van der Waals surface area contributed by atoms with Crippen LogP contribution >= 0.6 is 11.8 Å². The molecule has 8 nitrogen and oxygen atoms in total. The zero-order valence-electron chi connectivity index (χ0n) is 20.5. The van der Waals surface area contributed by atoms with Crippen molar-refractivity contribution in [1.29, 1.82) is 0 Å². The first-order valence-electron chi connectivity index (χ1n) is 11.7. The predicted octanol–water partition coefficient (Wildman–Crippen LogP) is 5.67. The van der Waals surface area contributed by atoms with Gasteiger partial charge in [-0.2, -0.15) is 4.98 Å². The van der Waals surface area contributed by atoms with E-state index in [-0.39, 0.29) is 5.91 Å². The number of para-hydroxylation sites is 2. The monoisotopic (exact) mass is 494 g/mol. The van der Waals surface area contributed by atoms with Crippen LogP contribution in [0.2, 0.25) is 0 Å². The third-order valence-corrected chi connectivity index (χ3v) is 6.70. The lowest BCUT2D eigenvalue weighted by molar-refractivity contribution is -0.118. The Morgan fingerprint density at radius 3 is 2.63 bits per heavy atom. The largest absolute Gasteiger partial charge is 0.493 e. The van der Waals surface area contributed by atoms with Crippen LogP contribution in [0.15, 0.2) is 47.6 Å². The zero-order valence-corrected chi connectivity index (χ0v) is 21.3. The maximum Gasteiger partial charge on any atom is 0.247 e. The highest BCUT2D eigenvalue weighted by molar-refractivity contribution is 7.99. The van der Waals surface area contributed by atoms with E-state index in [1.807, 2.05) is 36.4 Å². The molecule has 0 radical (unpaired) electrons. The van der Waals surface area contributed by atoms with Gasteiger partial charge >= 0.3 is 0 Å². The molecule has 0 aliphatic carbocycles. The highest BCUT2D eigenvalue weighted by Gasteiger charge is 2.36. The van der Waals surface area contributed by atoms with Gasteiger partial charge in [-0.15, -0.1) is 10.2 Å². The van der Waals surface area contributed by atoms with Gasteiger partial charge in [-0.25, -0.2) is 0 Å². The van der Waals surface area contributed by atoms with Crippen molar-refractivity contribution in [3.63, 3.8) is 0 Å². The lowest BCUT2D eigenvalue weighted by Crippen LogP contribution is -2.36. The minimum atomic E-state index is -0.848. The number of fused-ring (bicyclic) bond motifs is 3. The van der Waals surface area contributed by atoms with E-state index in [0.29, 0.717) is 39.5 Å². The molecule has 2 heterocycles. The molecule has 0 saturated heterocycles. The number of amides is 1. The maximum atomic E-state index is 13.0. The number of carbonyl (C=O) groups excluding carboxylic acids is 1. The summed E-state index contributed by atoms with van der Waals surface area (Å²) in [6.07, 6.45) is 3.83. The first-order chi connectivity index (χ1) is 17.1. The second kappa shape index (κ2) is 11.4. The number of ether oxygens (including phenoxy) is 3. The summed E-state index contributed by atoms with van der Waals surface area (Å²) in [5.74, 6) is 2.06. The molecule has 0 N–H and O–H groups in total. The molecule has 3 aromatic rings. The van der Waals surface area contributed by atoms with Crippen molar-refractivity contribution >= 4 is 23.4 Å². The highest BCUT2D eigenvalue weighted by Crippen LogP contribution is 2.46. The van der Waals surface area contributed by atoms with E-state index in [1.54, 1.807) is 36.9 Å². The molecule has 2 aromatic carbocycles. The Morgan fingerprint density at radius 1 is 1.06 bits per heavy atom. The summed E-state index contributed by atoms with van der Waals surface area (Å²) in [7, 11) is 3.14. The fourth-order valence-electron chi connectivity index (χ4n) is 4.11. The molecular weight excluding hydrogens is 464 g/mol. The average molecular weight is 495 g/mol. The molecule has 9 heteroatoms. The quantitative estimate of drug-likeness (QED) is 0.278. The zero-order chi connectivity index (χ0) is 24.8. The molecule has 0 bridgehead atoms. The van der Waals surface area contributed by atoms with Crippen molar-refractivity contribution in [3.8, 4) is 28.6 Å². The minimum Gasteiger partial charge on any atom is -0.493 e. The fraction of sp³-hybridized carbons (Fsp3) is 0.385. The summed E-state index contributed by atoms with van der Waals surface area (Å²) in [4.78, 5) is 19.3. The summed E-state index contributed by atoms with van der Waals surface area (Å²) in [6, 6.07) is 13.0. The summed E-state index contributed by atoms with van der Waals surface area (Å²) >= 11 is 1.56. The number of benzene rings is 2. The van der Waals surface area contributed by atoms with Crippen LogP contribution in [0.4, 0.5) is 5.69 Å². The van der Waals surface area contributed by atoms with E-state index >= 15 is 0 Å². The van der Waals surface area contributed by atoms with Gasteiger partial charge in [-0.1, -0.05) is 62.2 Å². The van der Waals surface area contributed by atoms with E-state index in [4.69, 9.17) is 19.2 Å². The van der Waals surface area contributed by atoms with Crippen molar-refractivity contribution in [3.05, 3.63) is 48.0 Å². The van der Waals surface area contributed by atoms with Gasteiger partial charge in [0.05, 0.1) is 25.5 Å². The van der Waals surface area contributed by atoms with Gasteiger partial charge in [0.1, 0.15) is 0 Å². The number of aromatic nitrogens is 3. The molecule has 1 aliphatic rings. The standard InChI is InChI=1S/C26H30N4O4S/c1-5-6-7-10-16-35-26-27-24-22(28-29-26)18-12-8-9-14-20(18)30(17(2)31)25(34-24)19-13-11-15-21(32-3)23(19)33-4/h8-9,11-15,25H,5-7,10,16H2,1-4H3. The van der Waals surface area contributed by atoms with E-state index in [1.165, 1.54) is 26.2 Å². The van der Waals surface area contributed by atoms with Crippen molar-refractivity contribution < 1.29 is 19.0 Å². The number of rotatable bonds is 9. The van der Waals surface area contributed by atoms with Crippen LogP contribution in [0.5, 0.6) is 17.4 Å². The molecule has 35 heavy (non-hydrogen) atoms. The Kier molecular flexibility index (Phi) is 8.07. The van der Waals surface area contributed by atoms with Crippen molar-refractivity contribution in [2.24, 2.45) is 0 Å². The maximum absolute atomic E-state index is 13.0. The number of hydrogen-bond acceptors (Lipinski definition) is 8. The normalized spacial score (nSPS) is 14.4. The van der Waals surface area contributed by atoms with Crippen molar-refractivity contribution in [2.45, 2.75) is 50.9 Å². The Hall–Kier alpha value is -3.33. The van der Waals surface area contributed by atoms with E-state index in [2.05, 4.69) is 17.1 Å². The first-order valence-corrected chi connectivity index (χ1v) is 12.7.